The molecular weight excluding hydrogens is 438 g/mol. The molecule has 0 heterocycles. The smallest absolute Gasteiger partial charge is 0.408 e. The lowest BCUT2D eigenvalue weighted by Crippen LogP contribution is -2.52. The van der Waals surface area contributed by atoms with Gasteiger partial charge in [0.05, 0.1) is 0 Å². The van der Waals surface area contributed by atoms with E-state index in [-0.39, 0.29) is 6.04 Å². The molecule has 1 aromatic rings. The molecule has 0 aliphatic carbocycles. The zero-order valence-electron chi connectivity index (χ0n) is 20.1. The maximum Gasteiger partial charge on any atom is 0.408 e. The standard InChI is InChI=1S/C25H33N3O4S/c1-9-18-11-13-19(14-12-18)21(22(29)26-17(3)4)28(10-2)23(30)20(15-16-33-8)27-24(31)32-25(5,6)7/h1-2,11-14,17,20-21H,15-16H2,3-8H3,(H,26,29)(H,27,31). The van der Waals surface area contributed by atoms with Crippen LogP contribution in [-0.2, 0) is 14.3 Å². The van der Waals surface area contributed by atoms with Crippen molar-refractivity contribution in [2.45, 2.75) is 64.8 Å². The molecule has 2 atom stereocenters. The van der Waals surface area contributed by atoms with Gasteiger partial charge in [-0.15, -0.1) is 6.42 Å². The SMILES string of the molecule is C#Cc1ccc(C(C(=O)NC(C)C)N(C#C)C(=O)C(CCSC)NC(=O)OC(C)(C)C)cc1. The van der Waals surface area contributed by atoms with Crippen LogP contribution in [0.1, 0.15) is 58.2 Å². The first-order chi connectivity index (χ1) is 15.4. The van der Waals surface area contributed by atoms with Crippen molar-refractivity contribution in [1.82, 2.24) is 15.5 Å². The van der Waals surface area contributed by atoms with Crippen LogP contribution in [0.15, 0.2) is 24.3 Å². The monoisotopic (exact) mass is 471 g/mol. The number of nitrogens with one attached hydrogen (secondary N) is 2. The normalized spacial score (nSPS) is 12.6. The molecule has 1 rings (SSSR count). The molecule has 33 heavy (non-hydrogen) atoms. The van der Waals surface area contributed by atoms with Crippen LogP contribution in [0.3, 0.4) is 0 Å². The number of ether oxygens (including phenoxy) is 1. The molecule has 0 saturated heterocycles. The van der Waals surface area contributed by atoms with Gasteiger partial charge in [-0.05, 0) is 70.7 Å². The number of alkyl carbamates (subject to hydrolysis) is 1. The Labute approximate surface area is 201 Å². The molecule has 0 aromatic heterocycles. The van der Waals surface area contributed by atoms with Crippen molar-refractivity contribution in [1.29, 1.82) is 0 Å². The summed E-state index contributed by atoms with van der Waals surface area (Å²) >= 11 is 1.52. The summed E-state index contributed by atoms with van der Waals surface area (Å²) in [6.07, 6.45) is 12.6. The van der Waals surface area contributed by atoms with Crippen molar-refractivity contribution < 1.29 is 19.1 Å². The highest BCUT2D eigenvalue weighted by Crippen LogP contribution is 2.23. The Kier molecular flexibility index (Phi) is 10.8. The highest BCUT2D eigenvalue weighted by molar-refractivity contribution is 7.98. The van der Waals surface area contributed by atoms with Crippen molar-refractivity contribution in [2.24, 2.45) is 0 Å². The van der Waals surface area contributed by atoms with Crippen LogP contribution in [0.4, 0.5) is 4.79 Å². The van der Waals surface area contributed by atoms with Crippen LogP contribution >= 0.6 is 11.8 Å². The quantitative estimate of drug-likeness (QED) is 0.426. The predicted molar refractivity (Wildman–Crippen MR) is 132 cm³/mol. The summed E-state index contributed by atoms with van der Waals surface area (Å²) in [7, 11) is 0. The van der Waals surface area contributed by atoms with Gasteiger partial charge in [-0.25, -0.2) is 4.79 Å². The zero-order valence-corrected chi connectivity index (χ0v) is 20.9. The first-order valence-electron chi connectivity index (χ1n) is 10.6. The average molecular weight is 472 g/mol. The van der Waals surface area contributed by atoms with Gasteiger partial charge in [0.15, 0.2) is 0 Å². The molecule has 8 heteroatoms. The number of nitrogens with zero attached hydrogens (tertiary/aromatic N) is 1. The Balaban J connectivity index is 3.34. The summed E-state index contributed by atoms with van der Waals surface area (Å²) in [6, 6.07) is 6.77. The summed E-state index contributed by atoms with van der Waals surface area (Å²) in [5.41, 5.74) is 0.394. The Morgan fingerprint density at radius 3 is 2.18 bits per heavy atom. The van der Waals surface area contributed by atoms with Crippen molar-refractivity contribution in [2.75, 3.05) is 12.0 Å². The fourth-order valence-corrected chi connectivity index (χ4v) is 3.39. The average Bonchev–Trinajstić information content (AvgIpc) is 2.72. The van der Waals surface area contributed by atoms with Gasteiger partial charge in [0.25, 0.3) is 5.91 Å². The zero-order chi connectivity index (χ0) is 25.2. The number of rotatable bonds is 9. The number of thioether (sulfide) groups is 1. The van der Waals surface area contributed by atoms with Gasteiger partial charge in [0, 0.05) is 17.6 Å². The van der Waals surface area contributed by atoms with E-state index in [1.165, 1.54) is 11.8 Å². The van der Waals surface area contributed by atoms with Gasteiger partial charge in [-0.2, -0.15) is 11.8 Å². The van der Waals surface area contributed by atoms with Gasteiger partial charge in [0.2, 0.25) is 5.91 Å². The fourth-order valence-electron chi connectivity index (χ4n) is 2.92. The number of benzene rings is 1. The van der Waals surface area contributed by atoms with Gasteiger partial charge >= 0.3 is 6.09 Å². The minimum absolute atomic E-state index is 0.174. The second kappa shape index (κ2) is 12.8. The van der Waals surface area contributed by atoms with Gasteiger partial charge < -0.3 is 15.4 Å². The second-order valence-electron chi connectivity index (χ2n) is 8.65. The first kappa shape index (κ1) is 27.9. The van der Waals surface area contributed by atoms with Crippen LogP contribution in [0.25, 0.3) is 0 Å². The Hall–Kier alpha value is -3.10. The topological polar surface area (TPSA) is 87.7 Å². The third-order valence-electron chi connectivity index (χ3n) is 4.31. The van der Waals surface area contributed by atoms with Crippen molar-refractivity contribution in [3.63, 3.8) is 0 Å². The maximum atomic E-state index is 13.5. The van der Waals surface area contributed by atoms with E-state index in [9.17, 15) is 14.4 Å². The number of hydrogen-bond acceptors (Lipinski definition) is 5. The molecule has 0 aliphatic heterocycles. The molecule has 0 spiro atoms. The van der Waals surface area contributed by atoms with Gasteiger partial charge in [-0.3, -0.25) is 14.5 Å². The molecule has 0 radical (unpaired) electrons. The molecule has 178 valence electrons. The summed E-state index contributed by atoms with van der Waals surface area (Å²) < 4.78 is 5.31. The van der Waals surface area contributed by atoms with Crippen LogP contribution < -0.4 is 10.6 Å². The minimum atomic E-state index is -1.10. The molecule has 2 unspecified atom stereocenters. The van der Waals surface area contributed by atoms with E-state index in [2.05, 4.69) is 22.6 Å². The molecular formula is C25H33N3O4S. The van der Waals surface area contributed by atoms with E-state index >= 15 is 0 Å². The van der Waals surface area contributed by atoms with Gasteiger partial charge in [0.1, 0.15) is 17.7 Å². The lowest BCUT2D eigenvalue weighted by molar-refractivity contribution is -0.138. The highest BCUT2D eigenvalue weighted by atomic mass is 32.2. The lowest BCUT2D eigenvalue weighted by Gasteiger charge is -2.31. The Morgan fingerprint density at radius 1 is 1.12 bits per heavy atom. The number of amides is 3. The fraction of sp³-hybridized carbons (Fsp3) is 0.480. The largest absolute Gasteiger partial charge is 0.444 e. The van der Waals surface area contributed by atoms with Crippen LogP contribution in [0, 0.1) is 24.8 Å². The van der Waals surface area contributed by atoms with E-state index in [0.717, 1.165) is 4.90 Å². The van der Waals surface area contributed by atoms with E-state index in [4.69, 9.17) is 17.6 Å². The van der Waals surface area contributed by atoms with Crippen molar-refractivity contribution >= 4 is 29.7 Å². The molecule has 7 nitrogen and oxygen atoms in total. The molecule has 1 aromatic carbocycles. The summed E-state index contributed by atoms with van der Waals surface area (Å²) in [6.45, 7) is 8.80. The van der Waals surface area contributed by atoms with Crippen LogP contribution in [0.5, 0.6) is 0 Å². The number of carbonyl (C=O) groups excluding carboxylic acids is 3. The highest BCUT2D eigenvalue weighted by Gasteiger charge is 2.35. The molecule has 0 aliphatic rings. The maximum absolute atomic E-state index is 13.5. The molecule has 0 bridgehead atoms. The van der Waals surface area contributed by atoms with Gasteiger partial charge in [-0.1, -0.05) is 24.5 Å². The van der Waals surface area contributed by atoms with E-state index < -0.39 is 35.6 Å². The first-order valence-corrected chi connectivity index (χ1v) is 12.0. The van der Waals surface area contributed by atoms with E-state index in [1.54, 1.807) is 45.0 Å². The van der Waals surface area contributed by atoms with E-state index in [0.29, 0.717) is 23.3 Å². The lowest BCUT2D eigenvalue weighted by atomic mass is 10.0. The Morgan fingerprint density at radius 2 is 1.73 bits per heavy atom. The van der Waals surface area contributed by atoms with Crippen LogP contribution in [-0.4, -0.2) is 52.5 Å². The number of hydrogen-bond donors (Lipinski definition) is 2. The number of terminal acetylenes is 2. The second-order valence-corrected chi connectivity index (χ2v) is 9.64. The van der Waals surface area contributed by atoms with Crippen molar-refractivity contribution in [3.8, 4) is 24.8 Å². The number of carbonyl (C=O) groups is 3. The minimum Gasteiger partial charge on any atom is -0.444 e. The summed E-state index contributed by atoms with van der Waals surface area (Å²) in [4.78, 5) is 40.0. The van der Waals surface area contributed by atoms with E-state index in [1.807, 2.05) is 20.1 Å². The third-order valence-corrected chi connectivity index (χ3v) is 4.95. The van der Waals surface area contributed by atoms with Crippen molar-refractivity contribution in [3.05, 3.63) is 35.4 Å². The summed E-state index contributed by atoms with van der Waals surface area (Å²) in [5.74, 6) is 2.08. The Bertz CT molecular complexity index is 908. The molecule has 2 N–H and O–H groups in total. The molecule has 0 fully saturated rings. The molecule has 0 saturated carbocycles. The predicted octanol–water partition coefficient (Wildman–Crippen LogP) is 3.30. The summed E-state index contributed by atoms with van der Waals surface area (Å²) in [5, 5.41) is 5.42. The van der Waals surface area contributed by atoms with Crippen LogP contribution in [0.2, 0.25) is 0 Å². The third kappa shape index (κ3) is 9.11. The molecule has 3 amide bonds.